The molecule has 8 heteroatoms. The number of nitro groups is 1. The third-order valence-corrected chi connectivity index (χ3v) is 2.72. The summed E-state index contributed by atoms with van der Waals surface area (Å²) in [5, 5.41) is 20.0. The normalized spacial score (nSPS) is 10.8. The highest BCUT2D eigenvalue weighted by molar-refractivity contribution is 5.70. The van der Waals surface area contributed by atoms with Gasteiger partial charge >= 0.3 is 11.2 Å². The van der Waals surface area contributed by atoms with Crippen LogP contribution in [0.25, 0.3) is 12.2 Å². The van der Waals surface area contributed by atoms with Crippen molar-refractivity contribution in [3.05, 3.63) is 56.1 Å². The first-order valence-electron chi connectivity index (χ1n) is 6.40. The maximum Gasteiger partial charge on any atom is 0.395 e. The van der Waals surface area contributed by atoms with Gasteiger partial charge in [0.15, 0.2) is 0 Å². The molecule has 0 atom stereocenters. The second-order valence-electron chi connectivity index (χ2n) is 4.18. The van der Waals surface area contributed by atoms with E-state index in [-0.39, 0.29) is 5.82 Å². The zero-order valence-corrected chi connectivity index (χ0v) is 11.6. The molecular weight excluding hydrogens is 290 g/mol. The fourth-order valence-electron chi connectivity index (χ4n) is 1.79. The Morgan fingerprint density at radius 3 is 2.77 bits per heavy atom. The zero-order valence-electron chi connectivity index (χ0n) is 11.6. The van der Waals surface area contributed by atoms with Gasteiger partial charge in [0.2, 0.25) is 0 Å². The molecule has 0 aliphatic rings. The van der Waals surface area contributed by atoms with Gasteiger partial charge in [0.05, 0.1) is 11.5 Å². The van der Waals surface area contributed by atoms with Crippen LogP contribution in [0, 0.1) is 10.1 Å². The first-order valence-corrected chi connectivity index (χ1v) is 6.40. The van der Waals surface area contributed by atoms with Crippen molar-refractivity contribution in [1.29, 1.82) is 0 Å². The number of benzene rings is 1. The molecule has 8 nitrogen and oxygen atoms in total. The van der Waals surface area contributed by atoms with Crippen molar-refractivity contribution in [1.82, 2.24) is 9.97 Å². The first-order chi connectivity index (χ1) is 10.5. The van der Waals surface area contributed by atoms with E-state index in [2.05, 4.69) is 9.97 Å². The van der Waals surface area contributed by atoms with E-state index in [9.17, 15) is 20.0 Å². The molecule has 0 radical (unpaired) electrons. The van der Waals surface area contributed by atoms with Gasteiger partial charge in [-0.05, 0) is 25.1 Å². The number of rotatable bonds is 5. The van der Waals surface area contributed by atoms with E-state index in [0.29, 0.717) is 12.4 Å². The summed E-state index contributed by atoms with van der Waals surface area (Å²) in [7, 11) is 0. The summed E-state index contributed by atoms with van der Waals surface area (Å²) in [5.74, 6) is -0.277. The molecule has 0 saturated heterocycles. The van der Waals surface area contributed by atoms with E-state index >= 15 is 0 Å². The molecule has 0 unspecified atom stereocenters. The Kier molecular flexibility index (Phi) is 4.52. The molecule has 0 saturated carbocycles. The number of ether oxygens (including phenoxy) is 1. The Hall–Kier alpha value is -3.16. The van der Waals surface area contributed by atoms with Gasteiger partial charge in [0, 0.05) is 5.56 Å². The molecule has 0 fully saturated rings. The van der Waals surface area contributed by atoms with Gasteiger partial charge in [-0.1, -0.05) is 18.2 Å². The van der Waals surface area contributed by atoms with Crippen molar-refractivity contribution in [2.24, 2.45) is 0 Å². The molecule has 1 aromatic carbocycles. The van der Waals surface area contributed by atoms with Crippen LogP contribution in [0.15, 0.2) is 29.1 Å². The summed E-state index contributed by atoms with van der Waals surface area (Å²) < 4.78 is 5.44. The molecular formula is C14H13N3O5. The van der Waals surface area contributed by atoms with Crippen LogP contribution in [-0.4, -0.2) is 26.6 Å². The Morgan fingerprint density at radius 1 is 1.41 bits per heavy atom. The van der Waals surface area contributed by atoms with Crippen molar-refractivity contribution in [2.75, 3.05) is 6.61 Å². The average molecular weight is 303 g/mol. The summed E-state index contributed by atoms with van der Waals surface area (Å²) >= 11 is 0. The molecule has 114 valence electrons. The molecule has 2 rings (SSSR count). The van der Waals surface area contributed by atoms with Crippen LogP contribution in [-0.2, 0) is 0 Å². The van der Waals surface area contributed by atoms with Crippen molar-refractivity contribution < 1.29 is 14.8 Å². The number of H-pyrrole nitrogens is 1. The van der Waals surface area contributed by atoms with E-state index in [0.717, 1.165) is 5.56 Å². The molecule has 0 aliphatic heterocycles. The van der Waals surface area contributed by atoms with Gasteiger partial charge in [0.25, 0.3) is 5.88 Å². The average Bonchev–Trinajstić information content (AvgIpc) is 2.45. The van der Waals surface area contributed by atoms with Gasteiger partial charge < -0.3 is 14.8 Å². The highest BCUT2D eigenvalue weighted by atomic mass is 16.6. The summed E-state index contributed by atoms with van der Waals surface area (Å²) in [5.41, 5.74) is -1.26. The minimum absolute atomic E-state index is 0.000554. The Bertz CT molecular complexity index is 782. The summed E-state index contributed by atoms with van der Waals surface area (Å²) in [6.45, 7) is 2.35. The van der Waals surface area contributed by atoms with Crippen molar-refractivity contribution in [3.8, 4) is 11.6 Å². The molecule has 2 aromatic rings. The van der Waals surface area contributed by atoms with E-state index < -0.39 is 22.0 Å². The van der Waals surface area contributed by atoms with E-state index in [4.69, 9.17) is 4.74 Å². The number of aromatic nitrogens is 2. The van der Waals surface area contributed by atoms with E-state index in [1.54, 1.807) is 18.2 Å². The van der Waals surface area contributed by atoms with Gasteiger partial charge in [-0.25, -0.2) is 0 Å². The van der Waals surface area contributed by atoms with Gasteiger partial charge in [-0.2, -0.15) is 4.98 Å². The minimum atomic E-state index is -1.02. The summed E-state index contributed by atoms with van der Waals surface area (Å²) in [4.78, 5) is 26.9. The summed E-state index contributed by atoms with van der Waals surface area (Å²) in [6, 6.07) is 7.21. The van der Waals surface area contributed by atoms with Gasteiger partial charge in [-0.15, -0.1) is 0 Å². The number of para-hydroxylation sites is 1. The van der Waals surface area contributed by atoms with Crippen LogP contribution >= 0.6 is 0 Å². The number of hydrogen-bond donors (Lipinski definition) is 2. The van der Waals surface area contributed by atoms with Crippen molar-refractivity contribution in [2.45, 2.75) is 6.92 Å². The van der Waals surface area contributed by atoms with Crippen LogP contribution in [0.2, 0.25) is 0 Å². The number of nitrogens with one attached hydrogen (secondary N) is 1. The number of aromatic amines is 1. The third kappa shape index (κ3) is 3.29. The highest BCUT2D eigenvalue weighted by Gasteiger charge is 2.21. The lowest BCUT2D eigenvalue weighted by molar-refractivity contribution is -0.387. The zero-order chi connectivity index (χ0) is 16.1. The molecule has 0 amide bonds. The molecule has 2 N–H and O–H groups in total. The quantitative estimate of drug-likeness (QED) is 0.643. The Labute approximate surface area is 124 Å². The molecule has 0 spiro atoms. The minimum Gasteiger partial charge on any atom is -0.493 e. The van der Waals surface area contributed by atoms with Gasteiger partial charge in [0.1, 0.15) is 11.6 Å². The van der Waals surface area contributed by atoms with Crippen molar-refractivity contribution >= 4 is 17.8 Å². The summed E-state index contributed by atoms with van der Waals surface area (Å²) in [6.07, 6.45) is 3.04. The van der Waals surface area contributed by atoms with Crippen LogP contribution in [0.4, 0.5) is 5.69 Å². The number of nitrogens with zero attached hydrogens (tertiary/aromatic N) is 2. The number of hydrogen-bond acceptors (Lipinski definition) is 6. The van der Waals surface area contributed by atoms with E-state index in [1.807, 2.05) is 19.1 Å². The number of aromatic hydroxyl groups is 1. The first kappa shape index (κ1) is 15.2. The lowest BCUT2D eigenvalue weighted by Crippen LogP contribution is -2.14. The third-order valence-electron chi connectivity index (χ3n) is 2.72. The predicted molar refractivity (Wildman–Crippen MR) is 79.7 cm³/mol. The molecule has 1 aromatic heterocycles. The predicted octanol–water partition coefficient (Wildman–Crippen LogP) is 1.95. The highest BCUT2D eigenvalue weighted by Crippen LogP contribution is 2.21. The van der Waals surface area contributed by atoms with Crippen LogP contribution in [0.1, 0.15) is 18.3 Å². The molecule has 0 aliphatic carbocycles. The Balaban J connectivity index is 2.36. The van der Waals surface area contributed by atoms with Crippen LogP contribution in [0.3, 0.4) is 0 Å². The topological polar surface area (TPSA) is 118 Å². The maximum atomic E-state index is 11.5. The standard InChI is InChI=1S/C14H13N3O5/c1-2-22-10-6-4-3-5-9(10)7-8-11-15-13(18)12(17(20)21)14(19)16-11/h3-8H,2H2,1H3,(H2,15,16,18,19)/b8-7-. The van der Waals surface area contributed by atoms with Gasteiger partial charge in [-0.3, -0.25) is 14.9 Å². The maximum absolute atomic E-state index is 11.5. The Morgan fingerprint density at radius 2 is 2.14 bits per heavy atom. The second-order valence-corrected chi connectivity index (χ2v) is 4.18. The fourth-order valence-corrected chi connectivity index (χ4v) is 1.79. The SMILES string of the molecule is CCOc1ccccc1/C=C\c1nc(O)c([N+](=O)[O-])c(=O)[nH]1. The van der Waals surface area contributed by atoms with E-state index in [1.165, 1.54) is 6.08 Å². The molecule has 22 heavy (non-hydrogen) atoms. The largest absolute Gasteiger partial charge is 0.493 e. The monoisotopic (exact) mass is 303 g/mol. The smallest absolute Gasteiger partial charge is 0.395 e. The lowest BCUT2D eigenvalue weighted by atomic mass is 10.2. The lowest BCUT2D eigenvalue weighted by Gasteiger charge is -2.06. The van der Waals surface area contributed by atoms with Crippen LogP contribution in [0.5, 0.6) is 11.6 Å². The second kappa shape index (κ2) is 6.53. The van der Waals surface area contributed by atoms with Crippen molar-refractivity contribution in [3.63, 3.8) is 0 Å². The molecule has 0 bridgehead atoms. The fraction of sp³-hybridized carbons (Fsp3) is 0.143. The van der Waals surface area contributed by atoms with Crippen LogP contribution < -0.4 is 10.3 Å². The molecule has 1 heterocycles.